The van der Waals surface area contributed by atoms with Crippen LogP contribution >= 0.6 is 11.6 Å². The zero-order valence-electron chi connectivity index (χ0n) is 8.78. The molecule has 0 aliphatic carbocycles. The van der Waals surface area contributed by atoms with Crippen LogP contribution in [0.3, 0.4) is 0 Å². The van der Waals surface area contributed by atoms with Gasteiger partial charge < -0.3 is 5.11 Å². The number of nitrogens with zero attached hydrogens (tertiary/aromatic N) is 3. The van der Waals surface area contributed by atoms with Crippen LogP contribution in [0.2, 0.25) is 5.02 Å². The molecule has 0 unspecified atom stereocenters. The Morgan fingerprint density at radius 2 is 2.11 bits per heavy atom. The van der Waals surface area contributed by atoms with Crippen LogP contribution in [0.15, 0.2) is 30.5 Å². The van der Waals surface area contributed by atoms with Crippen LogP contribution in [-0.4, -0.2) is 25.8 Å². The van der Waals surface area contributed by atoms with Gasteiger partial charge in [0.05, 0.1) is 15.6 Å². The van der Waals surface area contributed by atoms with Gasteiger partial charge in [-0.2, -0.15) is 5.10 Å². The number of benzene rings is 1. The summed E-state index contributed by atoms with van der Waals surface area (Å²) in [6.07, 6.45) is 0.882. The molecule has 1 aromatic heterocycles. The number of aromatic nitrogens is 2. The number of carboxylic acid groups (broad SMARTS) is 1. The van der Waals surface area contributed by atoms with Gasteiger partial charge >= 0.3 is 11.7 Å². The summed E-state index contributed by atoms with van der Waals surface area (Å²) in [7, 11) is 0. The lowest BCUT2D eigenvalue weighted by Gasteiger charge is -2.05. The highest BCUT2D eigenvalue weighted by molar-refractivity contribution is 6.32. The number of hydrogen-bond acceptors (Lipinski definition) is 4. The third kappa shape index (κ3) is 1.91. The van der Waals surface area contributed by atoms with Crippen molar-refractivity contribution in [3.05, 3.63) is 51.3 Å². The molecule has 0 aliphatic heterocycles. The molecule has 18 heavy (non-hydrogen) atoms. The molecule has 92 valence electrons. The van der Waals surface area contributed by atoms with E-state index in [1.54, 1.807) is 12.1 Å². The van der Waals surface area contributed by atoms with Gasteiger partial charge in [-0.25, -0.2) is 9.48 Å². The molecule has 0 saturated carbocycles. The summed E-state index contributed by atoms with van der Waals surface area (Å²) in [6.45, 7) is 0. The Morgan fingerprint density at radius 3 is 2.67 bits per heavy atom. The quantitative estimate of drug-likeness (QED) is 0.678. The molecule has 0 fully saturated rings. The van der Waals surface area contributed by atoms with Crippen molar-refractivity contribution >= 4 is 23.3 Å². The first-order valence-corrected chi connectivity index (χ1v) is 5.10. The highest BCUT2D eigenvalue weighted by Gasteiger charge is 2.27. The van der Waals surface area contributed by atoms with Crippen LogP contribution in [-0.2, 0) is 0 Å². The molecular formula is C10H6ClN3O4. The molecule has 1 aromatic carbocycles. The number of halogens is 1. The molecule has 7 nitrogen and oxygen atoms in total. The Kier molecular flexibility index (Phi) is 2.99. The largest absolute Gasteiger partial charge is 0.476 e. The van der Waals surface area contributed by atoms with E-state index in [4.69, 9.17) is 16.7 Å². The number of rotatable bonds is 3. The van der Waals surface area contributed by atoms with E-state index >= 15 is 0 Å². The molecule has 1 heterocycles. The van der Waals surface area contributed by atoms with Gasteiger partial charge in [-0.3, -0.25) is 10.1 Å². The van der Waals surface area contributed by atoms with Crippen LogP contribution in [0.25, 0.3) is 5.69 Å². The number of nitro groups is 1. The fraction of sp³-hybridized carbons (Fsp3) is 0. The predicted octanol–water partition coefficient (Wildman–Crippen LogP) is 2.13. The van der Waals surface area contributed by atoms with Crippen LogP contribution in [0.1, 0.15) is 10.5 Å². The van der Waals surface area contributed by atoms with Crippen LogP contribution in [0, 0.1) is 10.1 Å². The van der Waals surface area contributed by atoms with E-state index in [9.17, 15) is 14.9 Å². The van der Waals surface area contributed by atoms with Crippen molar-refractivity contribution in [2.24, 2.45) is 0 Å². The Hall–Kier alpha value is -2.41. The van der Waals surface area contributed by atoms with E-state index in [2.05, 4.69) is 5.10 Å². The third-order valence-electron chi connectivity index (χ3n) is 2.23. The average Bonchev–Trinajstić information content (AvgIpc) is 2.74. The minimum absolute atomic E-state index is 0.248. The molecule has 8 heteroatoms. The number of para-hydroxylation sites is 1. The minimum Gasteiger partial charge on any atom is -0.476 e. The lowest BCUT2D eigenvalue weighted by atomic mass is 10.3. The summed E-state index contributed by atoms with van der Waals surface area (Å²) in [4.78, 5) is 21.0. The number of carbonyl (C=O) groups is 1. The second-order valence-corrected chi connectivity index (χ2v) is 3.71. The molecule has 0 aliphatic rings. The maximum atomic E-state index is 11.1. The van der Waals surface area contributed by atoms with Crippen LogP contribution in [0.4, 0.5) is 5.69 Å². The maximum Gasteiger partial charge on any atom is 0.361 e. The van der Waals surface area contributed by atoms with E-state index in [0.717, 1.165) is 10.9 Å². The number of aromatic carboxylic acids is 1. The topological polar surface area (TPSA) is 98.3 Å². The monoisotopic (exact) mass is 267 g/mol. The summed E-state index contributed by atoms with van der Waals surface area (Å²) in [5.74, 6) is -1.45. The fourth-order valence-electron chi connectivity index (χ4n) is 1.48. The highest BCUT2D eigenvalue weighted by Crippen LogP contribution is 2.25. The molecule has 0 spiro atoms. The Labute approximate surface area is 105 Å². The minimum atomic E-state index is -1.45. The van der Waals surface area contributed by atoms with Gasteiger partial charge in [0.2, 0.25) is 5.69 Å². The van der Waals surface area contributed by atoms with E-state index < -0.39 is 22.3 Å². The van der Waals surface area contributed by atoms with Crippen molar-refractivity contribution in [2.45, 2.75) is 0 Å². The van der Waals surface area contributed by atoms with Gasteiger partial charge in [-0.05, 0) is 12.1 Å². The van der Waals surface area contributed by atoms with Crippen molar-refractivity contribution in [2.75, 3.05) is 0 Å². The first kappa shape index (κ1) is 12.1. The maximum absolute atomic E-state index is 11.1. The molecule has 0 bridgehead atoms. The summed E-state index contributed by atoms with van der Waals surface area (Å²) >= 11 is 5.90. The lowest BCUT2D eigenvalue weighted by Crippen LogP contribution is -2.10. The molecular weight excluding hydrogens is 262 g/mol. The van der Waals surface area contributed by atoms with Crippen molar-refractivity contribution in [3.8, 4) is 5.69 Å². The van der Waals surface area contributed by atoms with Crippen molar-refractivity contribution < 1.29 is 14.8 Å². The van der Waals surface area contributed by atoms with Crippen molar-refractivity contribution in [3.63, 3.8) is 0 Å². The Bertz CT molecular complexity index is 638. The van der Waals surface area contributed by atoms with Gasteiger partial charge in [-0.15, -0.1) is 0 Å². The summed E-state index contributed by atoms with van der Waals surface area (Å²) in [5.41, 5.74) is -0.847. The summed E-state index contributed by atoms with van der Waals surface area (Å²) in [6, 6.07) is 6.34. The molecule has 0 atom stereocenters. The second kappa shape index (κ2) is 4.46. The van der Waals surface area contributed by atoms with Gasteiger partial charge in [0, 0.05) is 0 Å². The van der Waals surface area contributed by atoms with Gasteiger partial charge in [0.25, 0.3) is 0 Å². The van der Waals surface area contributed by atoms with Crippen molar-refractivity contribution in [1.29, 1.82) is 0 Å². The van der Waals surface area contributed by atoms with Crippen LogP contribution < -0.4 is 0 Å². The molecule has 0 saturated heterocycles. The van der Waals surface area contributed by atoms with Crippen LogP contribution in [0.5, 0.6) is 0 Å². The Morgan fingerprint density at radius 1 is 1.44 bits per heavy atom. The Balaban J connectivity index is 2.70. The molecule has 0 amide bonds. The van der Waals surface area contributed by atoms with Gasteiger partial charge in [0.15, 0.2) is 0 Å². The highest BCUT2D eigenvalue weighted by atomic mass is 35.5. The first-order chi connectivity index (χ1) is 8.52. The first-order valence-electron chi connectivity index (χ1n) is 4.73. The standard InChI is InChI=1S/C10H6ClN3O4/c11-6-3-1-2-4-7(6)13-9(10(15)16)8(5-12-13)14(17)18/h1-5H,(H,15,16). The smallest absolute Gasteiger partial charge is 0.361 e. The molecule has 1 N–H and O–H groups in total. The molecule has 0 radical (unpaired) electrons. The van der Waals surface area contributed by atoms with Gasteiger partial charge in [0.1, 0.15) is 6.20 Å². The predicted molar refractivity (Wildman–Crippen MR) is 62.2 cm³/mol. The second-order valence-electron chi connectivity index (χ2n) is 3.30. The normalized spacial score (nSPS) is 10.3. The van der Waals surface area contributed by atoms with Crippen molar-refractivity contribution in [1.82, 2.24) is 9.78 Å². The third-order valence-corrected chi connectivity index (χ3v) is 2.55. The van der Waals surface area contributed by atoms with E-state index in [1.807, 2.05) is 0 Å². The lowest BCUT2D eigenvalue weighted by molar-refractivity contribution is -0.385. The zero-order chi connectivity index (χ0) is 13.3. The average molecular weight is 268 g/mol. The fourth-order valence-corrected chi connectivity index (χ4v) is 1.70. The molecule has 2 rings (SSSR count). The molecule has 2 aromatic rings. The van der Waals surface area contributed by atoms with E-state index in [-0.39, 0.29) is 10.7 Å². The zero-order valence-corrected chi connectivity index (χ0v) is 9.53. The van der Waals surface area contributed by atoms with E-state index in [0.29, 0.717) is 0 Å². The van der Waals surface area contributed by atoms with Gasteiger partial charge in [-0.1, -0.05) is 23.7 Å². The summed E-state index contributed by atoms with van der Waals surface area (Å²) in [5, 5.41) is 23.7. The summed E-state index contributed by atoms with van der Waals surface area (Å²) < 4.78 is 0.933. The SMILES string of the molecule is O=C(O)c1c([N+](=O)[O-])cnn1-c1ccccc1Cl. The number of hydrogen-bond donors (Lipinski definition) is 1. The van der Waals surface area contributed by atoms with E-state index in [1.165, 1.54) is 12.1 Å². The number of carboxylic acids is 1.